The number of aromatic nitrogens is 4. The summed E-state index contributed by atoms with van der Waals surface area (Å²) in [5.74, 6) is 3.21. The molecule has 2 fully saturated rings. The van der Waals surface area contributed by atoms with E-state index in [4.69, 9.17) is 0 Å². The second-order valence-electron chi connectivity index (χ2n) is 10.7. The fourth-order valence-electron chi connectivity index (χ4n) is 6.23. The third-order valence-corrected chi connectivity index (χ3v) is 9.17. The first kappa shape index (κ1) is 24.8. The third kappa shape index (κ3) is 4.65. The van der Waals surface area contributed by atoms with Gasteiger partial charge in [0.25, 0.3) is 0 Å². The Hall–Kier alpha value is -2.52. The van der Waals surface area contributed by atoms with Gasteiger partial charge in [-0.2, -0.15) is 30.0 Å². The number of H-pyrrole nitrogens is 1. The van der Waals surface area contributed by atoms with Gasteiger partial charge >= 0.3 is 6.18 Å². The van der Waals surface area contributed by atoms with Gasteiger partial charge in [-0.05, 0) is 91.4 Å². The molecule has 0 bridgehead atoms. The third-order valence-electron chi connectivity index (χ3n) is 8.12. The van der Waals surface area contributed by atoms with Crippen molar-refractivity contribution in [2.75, 3.05) is 24.6 Å². The lowest BCUT2D eigenvalue weighted by Crippen LogP contribution is -2.42. The van der Waals surface area contributed by atoms with E-state index < -0.39 is 11.7 Å². The maximum absolute atomic E-state index is 13.9. The predicted octanol–water partition coefficient (Wildman–Crippen LogP) is 7.09. The Bertz CT molecular complexity index is 1410. The van der Waals surface area contributed by atoms with Crippen molar-refractivity contribution < 1.29 is 13.2 Å². The predicted molar refractivity (Wildman–Crippen MR) is 143 cm³/mol. The van der Waals surface area contributed by atoms with Crippen LogP contribution >= 0.6 is 11.8 Å². The monoisotopic (exact) mass is 527 g/mol. The number of aromatic amines is 1. The van der Waals surface area contributed by atoms with Gasteiger partial charge in [0.2, 0.25) is 0 Å². The molecule has 5 heterocycles. The number of hydrogen-bond acceptors (Lipinski definition) is 4. The molecule has 37 heavy (non-hydrogen) atoms. The van der Waals surface area contributed by atoms with E-state index in [1.54, 1.807) is 6.20 Å². The largest absolute Gasteiger partial charge is 0.420 e. The van der Waals surface area contributed by atoms with Crippen molar-refractivity contribution in [3.8, 4) is 11.3 Å². The van der Waals surface area contributed by atoms with Gasteiger partial charge < -0.3 is 9.88 Å². The summed E-state index contributed by atoms with van der Waals surface area (Å²) in [5, 5.41) is 5.11. The van der Waals surface area contributed by atoms with Crippen LogP contribution in [0.2, 0.25) is 0 Å². The van der Waals surface area contributed by atoms with Crippen LogP contribution in [0.1, 0.15) is 68.1 Å². The van der Waals surface area contributed by atoms with Crippen LogP contribution in [-0.4, -0.2) is 55.1 Å². The summed E-state index contributed by atoms with van der Waals surface area (Å²) in [4.78, 5) is 9.97. The zero-order valence-electron chi connectivity index (χ0n) is 21.2. The lowest BCUT2D eigenvalue weighted by Gasteiger charge is -2.39. The van der Waals surface area contributed by atoms with Crippen molar-refractivity contribution >= 4 is 28.3 Å². The molecule has 9 heteroatoms. The maximum Gasteiger partial charge on any atom is 0.420 e. The highest BCUT2D eigenvalue weighted by molar-refractivity contribution is 7.99. The van der Waals surface area contributed by atoms with E-state index in [1.807, 2.05) is 0 Å². The van der Waals surface area contributed by atoms with E-state index in [0.717, 1.165) is 60.5 Å². The van der Waals surface area contributed by atoms with Crippen LogP contribution in [0.3, 0.4) is 0 Å². The molecule has 0 aliphatic carbocycles. The number of benzene rings is 1. The second kappa shape index (κ2) is 9.66. The minimum absolute atomic E-state index is 0.130. The molecule has 0 unspecified atom stereocenters. The summed E-state index contributed by atoms with van der Waals surface area (Å²) in [6, 6.07) is 8.52. The van der Waals surface area contributed by atoms with Crippen LogP contribution < -0.4 is 0 Å². The van der Waals surface area contributed by atoms with Crippen LogP contribution in [0.25, 0.3) is 27.8 Å². The maximum atomic E-state index is 13.9. The minimum Gasteiger partial charge on any atom is -0.354 e. The van der Waals surface area contributed by atoms with E-state index in [0.29, 0.717) is 11.5 Å². The highest BCUT2D eigenvalue weighted by Crippen LogP contribution is 2.41. The summed E-state index contributed by atoms with van der Waals surface area (Å²) in [6.07, 6.45) is 3.20. The molecule has 0 radical (unpaired) electrons. The smallest absolute Gasteiger partial charge is 0.354 e. The molecule has 0 saturated carbocycles. The SMILES string of the molecule is CC(C)c1c(-c2cc(C(F)(F)F)c3ncnn3c2)[nH]c2ccc(C3CCN(C4CCSCC4)CC3)cc12. The van der Waals surface area contributed by atoms with Gasteiger partial charge in [0.1, 0.15) is 11.9 Å². The summed E-state index contributed by atoms with van der Waals surface area (Å²) >= 11 is 2.07. The lowest BCUT2D eigenvalue weighted by atomic mass is 9.87. The van der Waals surface area contributed by atoms with E-state index in [1.165, 1.54) is 40.5 Å². The summed E-state index contributed by atoms with van der Waals surface area (Å²) in [7, 11) is 0. The normalized spacial score (nSPS) is 19.0. The number of nitrogens with one attached hydrogen (secondary N) is 1. The molecule has 2 aliphatic heterocycles. The summed E-state index contributed by atoms with van der Waals surface area (Å²) in [6.45, 7) is 6.48. The van der Waals surface area contributed by atoms with Crippen molar-refractivity contribution in [3.05, 3.63) is 53.5 Å². The van der Waals surface area contributed by atoms with Gasteiger partial charge in [0.15, 0.2) is 5.65 Å². The van der Waals surface area contributed by atoms with Crippen molar-refractivity contribution in [3.63, 3.8) is 0 Å². The van der Waals surface area contributed by atoms with E-state index in [2.05, 4.69) is 63.8 Å². The number of piperidine rings is 1. The Morgan fingerprint density at radius 3 is 2.51 bits per heavy atom. The van der Waals surface area contributed by atoms with E-state index >= 15 is 0 Å². The number of nitrogens with zero attached hydrogens (tertiary/aromatic N) is 4. The number of thioether (sulfide) groups is 1. The first-order valence-electron chi connectivity index (χ1n) is 13.2. The van der Waals surface area contributed by atoms with Crippen LogP contribution in [0.4, 0.5) is 13.2 Å². The summed E-state index contributed by atoms with van der Waals surface area (Å²) < 4.78 is 42.8. The van der Waals surface area contributed by atoms with Gasteiger partial charge in [-0.3, -0.25) is 0 Å². The van der Waals surface area contributed by atoms with Crippen molar-refractivity contribution in [2.24, 2.45) is 0 Å². The number of halogens is 3. The van der Waals surface area contributed by atoms with Crippen molar-refractivity contribution in [2.45, 2.75) is 63.6 Å². The number of fused-ring (bicyclic) bond motifs is 2. The first-order valence-corrected chi connectivity index (χ1v) is 14.3. The fourth-order valence-corrected chi connectivity index (χ4v) is 7.31. The number of rotatable bonds is 4. The Labute approximate surface area is 218 Å². The molecule has 3 aromatic heterocycles. The average Bonchev–Trinajstić information content (AvgIpc) is 3.52. The Morgan fingerprint density at radius 1 is 1.05 bits per heavy atom. The molecule has 6 rings (SSSR count). The van der Waals surface area contributed by atoms with Crippen molar-refractivity contribution in [1.29, 1.82) is 0 Å². The standard InChI is InChI=1S/C28H32F3N5S/c1-17(2)25-22-13-19(18-5-9-35(10-6-18)21-7-11-37-12-8-21)3-4-24(22)34-26(25)20-14-23(28(29,30)31)27-32-16-33-36(27)15-20/h3-4,13-18,21,34H,5-12H2,1-2H3. The molecule has 196 valence electrons. The number of alkyl halides is 3. The molecule has 0 amide bonds. The number of likely N-dealkylation sites (tertiary alicyclic amines) is 1. The topological polar surface area (TPSA) is 49.2 Å². The molecule has 1 N–H and O–H groups in total. The second-order valence-corrected chi connectivity index (χ2v) is 11.9. The van der Waals surface area contributed by atoms with E-state index in [9.17, 15) is 13.2 Å². The molecular weight excluding hydrogens is 495 g/mol. The van der Waals surface area contributed by atoms with Crippen LogP contribution in [0.5, 0.6) is 0 Å². The zero-order valence-corrected chi connectivity index (χ0v) is 22.0. The molecule has 1 aromatic carbocycles. The quantitative estimate of drug-likeness (QED) is 0.308. The van der Waals surface area contributed by atoms with Gasteiger partial charge in [0, 0.05) is 28.7 Å². The molecule has 0 spiro atoms. The van der Waals surface area contributed by atoms with E-state index in [-0.39, 0.29) is 11.6 Å². The molecular formula is C28H32F3N5S. The van der Waals surface area contributed by atoms with Crippen molar-refractivity contribution in [1.82, 2.24) is 24.5 Å². The molecule has 5 nitrogen and oxygen atoms in total. The molecule has 2 saturated heterocycles. The van der Waals surface area contributed by atoms with Gasteiger partial charge in [0.05, 0.1) is 5.69 Å². The Balaban J connectivity index is 1.35. The van der Waals surface area contributed by atoms with Crippen LogP contribution in [-0.2, 0) is 6.18 Å². The molecule has 4 aromatic rings. The lowest BCUT2D eigenvalue weighted by molar-refractivity contribution is -0.136. The van der Waals surface area contributed by atoms with Crippen LogP contribution in [0, 0.1) is 0 Å². The average molecular weight is 528 g/mol. The van der Waals surface area contributed by atoms with Gasteiger partial charge in [-0.1, -0.05) is 19.9 Å². The van der Waals surface area contributed by atoms with Gasteiger partial charge in [-0.15, -0.1) is 0 Å². The first-order chi connectivity index (χ1) is 17.8. The molecule has 0 atom stereocenters. The zero-order chi connectivity index (χ0) is 25.7. The van der Waals surface area contributed by atoms with Gasteiger partial charge in [-0.25, -0.2) is 9.50 Å². The van der Waals surface area contributed by atoms with Crippen LogP contribution in [0.15, 0.2) is 36.8 Å². The highest BCUT2D eigenvalue weighted by Gasteiger charge is 2.35. The number of hydrogen-bond donors (Lipinski definition) is 1. The fraction of sp³-hybridized carbons (Fsp3) is 0.500. The molecule has 2 aliphatic rings. The Kier molecular flexibility index (Phi) is 6.47. The minimum atomic E-state index is -4.52. The summed E-state index contributed by atoms with van der Waals surface area (Å²) in [5.41, 5.74) is 3.55. The number of pyridine rings is 1. The Morgan fingerprint density at radius 2 is 1.81 bits per heavy atom. The highest BCUT2D eigenvalue weighted by atomic mass is 32.2.